The Balaban J connectivity index is 3.32. The third-order valence-electron chi connectivity index (χ3n) is 3.41. The molecule has 0 radical (unpaired) electrons. The minimum atomic E-state index is -1.19. The van der Waals surface area contributed by atoms with E-state index in [4.69, 9.17) is 14.2 Å². The van der Waals surface area contributed by atoms with E-state index in [1.165, 1.54) is 32.0 Å². The first-order valence-corrected chi connectivity index (χ1v) is 8.30. The Morgan fingerprint density at radius 3 is 2.19 bits per heavy atom. The lowest BCUT2D eigenvalue weighted by Gasteiger charge is -2.23. The van der Waals surface area contributed by atoms with E-state index in [0.29, 0.717) is 0 Å². The lowest BCUT2D eigenvalue weighted by atomic mass is 9.84. The minimum absolute atomic E-state index is 0.0323. The summed E-state index contributed by atoms with van der Waals surface area (Å²) in [4.78, 5) is 35.8. The Labute approximate surface area is 153 Å². The number of ether oxygens (including phenoxy) is 3. The zero-order valence-electron chi connectivity index (χ0n) is 16.0. The molecule has 0 fully saturated rings. The zero-order valence-corrected chi connectivity index (χ0v) is 16.0. The van der Waals surface area contributed by atoms with Crippen molar-refractivity contribution < 1.29 is 33.7 Å². The summed E-state index contributed by atoms with van der Waals surface area (Å²) in [6, 6.07) is 4.52. The number of carboxylic acids is 1. The quantitative estimate of drug-likeness (QED) is 0.603. The molecule has 1 aromatic carbocycles. The number of carbonyl (C=O) groups excluding carboxylic acids is 2. The van der Waals surface area contributed by atoms with Gasteiger partial charge in [-0.2, -0.15) is 0 Å². The lowest BCUT2D eigenvalue weighted by molar-refractivity contribution is -0.146. The first-order chi connectivity index (χ1) is 11.9. The van der Waals surface area contributed by atoms with Gasteiger partial charge in [-0.3, -0.25) is 4.79 Å². The molecule has 0 aliphatic carbocycles. The van der Waals surface area contributed by atoms with Crippen molar-refractivity contribution in [3.05, 3.63) is 29.3 Å². The van der Waals surface area contributed by atoms with Crippen molar-refractivity contribution in [2.24, 2.45) is 5.41 Å². The number of hydrogen-bond donors (Lipinski definition) is 1. The molecule has 0 spiro atoms. The fraction of sp³-hybridized carbons (Fsp3) is 0.526. The second-order valence-electron chi connectivity index (χ2n) is 7.44. The van der Waals surface area contributed by atoms with E-state index in [2.05, 4.69) is 0 Å². The van der Waals surface area contributed by atoms with Crippen LogP contribution < -0.4 is 4.74 Å². The van der Waals surface area contributed by atoms with Crippen LogP contribution >= 0.6 is 0 Å². The molecule has 144 valence electrons. The second kappa shape index (κ2) is 8.21. The molecule has 0 aliphatic heterocycles. The number of aliphatic carboxylic acids is 1. The van der Waals surface area contributed by atoms with Gasteiger partial charge in [0.1, 0.15) is 11.4 Å². The summed E-state index contributed by atoms with van der Waals surface area (Å²) < 4.78 is 15.4. The molecule has 26 heavy (non-hydrogen) atoms. The van der Waals surface area contributed by atoms with Crippen LogP contribution in [0, 0.1) is 5.41 Å². The van der Waals surface area contributed by atoms with Gasteiger partial charge in [-0.15, -0.1) is 0 Å². The van der Waals surface area contributed by atoms with Crippen molar-refractivity contribution in [3.63, 3.8) is 0 Å². The molecule has 0 aliphatic rings. The standard InChI is InChI=1S/C19H26O7/c1-7-24-15(20)12-9-8-10-14(25-17(23)26-18(2,3)4)13(12)11-19(5,6)16(21)22/h8-10H,7,11H2,1-6H3,(H,21,22). The van der Waals surface area contributed by atoms with Gasteiger partial charge >= 0.3 is 18.1 Å². The SMILES string of the molecule is CCOC(=O)c1cccc(OC(=O)OC(C)(C)C)c1CC(C)(C)C(=O)O. The van der Waals surface area contributed by atoms with Crippen LogP contribution in [0.4, 0.5) is 4.79 Å². The van der Waals surface area contributed by atoms with Gasteiger partial charge < -0.3 is 19.3 Å². The Bertz CT molecular complexity index is 684. The second-order valence-corrected chi connectivity index (χ2v) is 7.44. The van der Waals surface area contributed by atoms with Crippen LogP contribution in [0.25, 0.3) is 0 Å². The number of carboxylic acid groups (broad SMARTS) is 1. The number of carbonyl (C=O) groups is 3. The fourth-order valence-electron chi connectivity index (χ4n) is 2.12. The van der Waals surface area contributed by atoms with Crippen LogP contribution in [-0.4, -0.2) is 35.4 Å². The highest BCUT2D eigenvalue weighted by Gasteiger charge is 2.32. The monoisotopic (exact) mass is 366 g/mol. The fourth-order valence-corrected chi connectivity index (χ4v) is 2.12. The van der Waals surface area contributed by atoms with E-state index in [1.54, 1.807) is 27.7 Å². The van der Waals surface area contributed by atoms with Gasteiger partial charge in [0.05, 0.1) is 17.6 Å². The number of esters is 1. The van der Waals surface area contributed by atoms with Crippen LogP contribution in [0.5, 0.6) is 5.75 Å². The van der Waals surface area contributed by atoms with E-state index in [9.17, 15) is 19.5 Å². The number of benzene rings is 1. The molecule has 0 aromatic heterocycles. The van der Waals surface area contributed by atoms with E-state index < -0.39 is 29.1 Å². The van der Waals surface area contributed by atoms with E-state index in [0.717, 1.165) is 0 Å². The number of rotatable bonds is 6. The van der Waals surface area contributed by atoms with Crippen molar-refractivity contribution in [1.82, 2.24) is 0 Å². The summed E-state index contributed by atoms with van der Waals surface area (Å²) >= 11 is 0. The molecule has 1 N–H and O–H groups in total. The molecule has 0 atom stereocenters. The van der Waals surface area contributed by atoms with E-state index >= 15 is 0 Å². The van der Waals surface area contributed by atoms with Gasteiger partial charge in [-0.05, 0) is 60.1 Å². The van der Waals surface area contributed by atoms with Crippen LogP contribution in [-0.2, 0) is 20.7 Å². The first-order valence-electron chi connectivity index (χ1n) is 8.30. The molecule has 0 saturated heterocycles. The maximum Gasteiger partial charge on any atom is 0.514 e. The summed E-state index contributed by atoms with van der Waals surface area (Å²) in [6.45, 7) is 9.95. The molecular weight excluding hydrogens is 340 g/mol. The van der Waals surface area contributed by atoms with Crippen LogP contribution in [0.15, 0.2) is 18.2 Å². The third-order valence-corrected chi connectivity index (χ3v) is 3.41. The topological polar surface area (TPSA) is 99.1 Å². The van der Waals surface area contributed by atoms with Crippen molar-refractivity contribution in [2.75, 3.05) is 6.61 Å². The predicted octanol–water partition coefficient (Wildman–Crippen LogP) is 3.83. The molecule has 0 bridgehead atoms. The normalized spacial score (nSPS) is 11.6. The van der Waals surface area contributed by atoms with Crippen LogP contribution in [0.1, 0.15) is 57.5 Å². The molecule has 0 amide bonds. The van der Waals surface area contributed by atoms with Crippen LogP contribution in [0.3, 0.4) is 0 Å². The first kappa shape index (κ1) is 21.5. The van der Waals surface area contributed by atoms with Gasteiger partial charge in [0.15, 0.2) is 0 Å². The summed E-state index contributed by atoms with van der Waals surface area (Å²) in [7, 11) is 0. The molecule has 1 aromatic rings. The van der Waals surface area contributed by atoms with Gasteiger partial charge in [0, 0.05) is 5.56 Å². The summed E-state index contributed by atoms with van der Waals surface area (Å²) in [5.74, 6) is -1.59. The van der Waals surface area contributed by atoms with Crippen molar-refractivity contribution in [2.45, 2.75) is 53.6 Å². The van der Waals surface area contributed by atoms with Crippen molar-refractivity contribution >= 4 is 18.1 Å². The largest absolute Gasteiger partial charge is 0.514 e. The lowest BCUT2D eigenvalue weighted by Crippen LogP contribution is -2.29. The Morgan fingerprint density at radius 2 is 1.69 bits per heavy atom. The molecule has 0 heterocycles. The Hall–Kier alpha value is -2.57. The van der Waals surface area contributed by atoms with E-state index in [1.807, 2.05) is 0 Å². The van der Waals surface area contributed by atoms with Crippen molar-refractivity contribution in [1.29, 1.82) is 0 Å². The zero-order chi connectivity index (χ0) is 20.1. The van der Waals surface area contributed by atoms with Crippen molar-refractivity contribution in [3.8, 4) is 5.75 Å². The smallest absolute Gasteiger partial charge is 0.481 e. The van der Waals surface area contributed by atoms with Gasteiger partial charge in [0.25, 0.3) is 0 Å². The average Bonchev–Trinajstić information content (AvgIpc) is 2.46. The average molecular weight is 366 g/mol. The molecule has 7 nitrogen and oxygen atoms in total. The summed E-state index contributed by atoms with van der Waals surface area (Å²) in [5.41, 5.74) is -1.50. The predicted molar refractivity (Wildman–Crippen MR) is 94.4 cm³/mol. The van der Waals surface area contributed by atoms with Crippen LogP contribution in [0.2, 0.25) is 0 Å². The highest BCUT2D eigenvalue weighted by atomic mass is 16.7. The van der Waals surface area contributed by atoms with Gasteiger partial charge in [-0.1, -0.05) is 6.07 Å². The third kappa shape index (κ3) is 6.06. The molecular formula is C19H26O7. The number of hydrogen-bond acceptors (Lipinski definition) is 6. The maximum absolute atomic E-state index is 12.2. The summed E-state index contributed by atoms with van der Waals surface area (Å²) in [5, 5.41) is 9.41. The maximum atomic E-state index is 12.2. The molecule has 1 rings (SSSR count). The van der Waals surface area contributed by atoms with E-state index in [-0.39, 0.29) is 29.9 Å². The highest BCUT2D eigenvalue weighted by molar-refractivity contribution is 5.92. The molecule has 0 saturated carbocycles. The Morgan fingerprint density at radius 1 is 1.08 bits per heavy atom. The van der Waals surface area contributed by atoms with Gasteiger partial charge in [-0.25, -0.2) is 9.59 Å². The van der Waals surface area contributed by atoms with Gasteiger partial charge in [0.2, 0.25) is 0 Å². The minimum Gasteiger partial charge on any atom is -0.481 e. The Kier molecular flexibility index (Phi) is 6.78. The summed E-state index contributed by atoms with van der Waals surface area (Å²) in [6.07, 6.45) is -0.969. The highest BCUT2D eigenvalue weighted by Crippen LogP contribution is 2.32. The molecule has 0 unspecified atom stereocenters. The molecule has 7 heteroatoms.